The molecule has 114 heavy (non-hydrogen) atoms. The molecule has 19 heteroatoms. The molecule has 0 fully saturated rings. The van der Waals surface area contributed by atoms with Crippen LogP contribution in [-0.2, 0) is 65.4 Å². The molecule has 2 unspecified atom stereocenters. The van der Waals surface area contributed by atoms with Crippen molar-refractivity contribution in [2.75, 3.05) is 39.6 Å². The molecule has 0 rings (SSSR count). The van der Waals surface area contributed by atoms with Crippen LogP contribution in [0.3, 0.4) is 0 Å². The van der Waals surface area contributed by atoms with Crippen LogP contribution in [-0.4, -0.2) is 96.7 Å². The summed E-state index contributed by atoms with van der Waals surface area (Å²) >= 11 is 0. The van der Waals surface area contributed by atoms with Gasteiger partial charge in [0.1, 0.15) is 19.3 Å². The second-order valence-corrected chi connectivity index (χ2v) is 37.0. The van der Waals surface area contributed by atoms with Gasteiger partial charge in [0.05, 0.1) is 26.4 Å². The summed E-state index contributed by atoms with van der Waals surface area (Å²) < 4.78 is 69.2. The molecule has 0 bridgehead atoms. The van der Waals surface area contributed by atoms with Gasteiger partial charge in [0.15, 0.2) is 12.2 Å². The van der Waals surface area contributed by atoms with Gasteiger partial charge in [0.2, 0.25) is 0 Å². The summed E-state index contributed by atoms with van der Waals surface area (Å²) in [5.74, 6) is -2.09. The number of phosphoric acid groups is 2. The summed E-state index contributed by atoms with van der Waals surface area (Å²) in [5.41, 5.74) is 0. The Morgan fingerprint density at radius 2 is 0.351 bits per heavy atom. The summed E-state index contributed by atoms with van der Waals surface area (Å²) in [4.78, 5) is 73.6. The fraction of sp³-hybridized carbons (Fsp3) is 0.958. The van der Waals surface area contributed by atoms with Gasteiger partial charge in [0, 0.05) is 25.7 Å². The van der Waals surface area contributed by atoms with Crippen LogP contribution in [0.15, 0.2) is 0 Å². The van der Waals surface area contributed by atoms with E-state index in [2.05, 4.69) is 27.7 Å². The van der Waals surface area contributed by atoms with Gasteiger partial charge in [-0.1, -0.05) is 477 Å². The van der Waals surface area contributed by atoms with Crippen LogP contribution < -0.4 is 0 Å². The second-order valence-electron chi connectivity index (χ2n) is 34.1. The molecule has 0 heterocycles. The zero-order chi connectivity index (χ0) is 83.1. The van der Waals surface area contributed by atoms with Gasteiger partial charge >= 0.3 is 39.5 Å². The highest BCUT2D eigenvalue weighted by atomic mass is 31.2. The number of carbonyl (C=O) groups excluding carboxylic acids is 4. The van der Waals surface area contributed by atoms with Crippen molar-refractivity contribution in [1.82, 2.24) is 0 Å². The zero-order valence-corrected chi connectivity index (χ0v) is 76.9. The quantitative estimate of drug-likeness (QED) is 0.0222. The van der Waals surface area contributed by atoms with E-state index >= 15 is 0 Å². The van der Waals surface area contributed by atoms with Gasteiger partial charge in [-0.15, -0.1) is 0 Å². The van der Waals surface area contributed by atoms with E-state index in [1.165, 1.54) is 360 Å². The van der Waals surface area contributed by atoms with Gasteiger partial charge in [-0.3, -0.25) is 37.3 Å². The summed E-state index contributed by atoms with van der Waals surface area (Å²) in [6, 6.07) is 0. The van der Waals surface area contributed by atoms with Crippen LogP contribution in [0.4, 0.5) is 0 Å². The Morgan fingerprint density at radius 3 is 0.518 bits per heavy atom. The lowest BCUT2D eigenvalue weighted by molar-refractivity contribution is -0.161. The molecule has 0 saturated carbocycles. The molecule has 0 radical (unpaired) electrons. The SMILES string of the molecule is CCCCCCCCCCCCCCCCCCCCCCCC(=O)OC[C@H](COP(=O)(O)OC[C@@H](O)COP(=O)(O)OC[C@@H](COC(=O)CCCCCCCCCCCCCCC)OC(=O)CCCCCCCCCCCCCCCCCCCCC)OC(=O)CCCCCCCCCCCCCCCCCCCCCCC. The molecule has 678 valence electrons. The normalized spacial score (nSPS) is 13.6. The first-order valence-corrected chi connectivity index (χ1v) is 52.3. The number of aliphatic hydroxyl groups excluding tert-OH is 1. The van der Waals surface area contributed by atoms with Crippen molar-refractivity contribution in [2.24, 2.45) is 0 Å². The Bertz CT molecular complexity index is 2140. The van der Waals surface area contributed by atoms with Crippen molar-refractivity contribution in [1.29, 1.82) is 0 Å². The summed E-state index contributed by atoms with van der Waals surface area (Å²) in [6.07, 6.45) is 87.7. The number of unbranched alkanes of at least 4 members (excludes halogenated alkanes) is 70. The molecule has 0 amide bonds. The van der Waals surface area contributed by atoms with Crippen molar-refractivity contribution in [3.8, 4) is 0 Å². The topological polar surface area (TPSA) is 237 Å². The van der Waals surface area contributed by atoms with Crippen LogP contribution in [0.5, 0.6) is 0 Å². The summed E-state index contributed by atoms with van der Waals surface area (Å²) in [7, 11) is -9.94. The molecular weight excluding hydrogens is 1470 g/mol. The third-order valence-corrected chi connectivity index (χ3v) is 24.5. The molecule has 0 aromatic rings. The third kappa shape index (κ3) is 87.9. The molecule has 0 aliphatic carbocycles. The largest absolute Gasteiger partial charge is 0.472 e. The molecular formula is C95H186O17P2. The van der Waals surface area contributed by atoms with Crippen LogP contribution in [0, 0.1) is 0 Å². The molecule has 0 aliphatic rings. The van der Waals surface area contributed by atoms with Crippen LogP contribution in [0.25, 0.3) is 0 Å². The smallest absolute Gasteiger partial charge is 0.462 e. The fourth-order valence-electron chi connectivity index (χ4n) is 15.1. The number of aliphatic hydroxyl groups is 1. The minimum Gasteiger partial charge on any atom is -0.462 e. The zero-order valence-electron chi connectivity index (χ0n) is 75.1. The average Bonchev–Trinajstić information content (AvgIpc) is 0.901. The maximum absolute atomic E-state index is 13.2. The Morgan fingerprint density at radius 1 is 0.211 bits per heavy atom. The first-order chi connectivity index (χ1) is 55.7. The monoisotopic (exact) mass is 1660 g/mol. The van der Waals surface area contributed by atoms with E-state index in [9.17, 15) is 43.2 Å². The van der Waals surface area contributed by atoms with E-state index in [0.29, 0.717) is 25.7 Å². The van der Waals surface area contributed by atoms with Crippen molar-refractivity contribution >= 4 is 39.5 Å². The molecule has 0 aliphatic heterocycles. The van der Waals surface area contributed by atoms with E-state index in [4.69, 9.17) is 37.0 Å². The van der Waals surface area contributed by atoms with E-state index in [-0.39, 0.29) is 25.7 Å². The number of ether oxygens (including phenoxy) is 4. The predicted molar refractivity (Wildman–Crippen MR) is 474 cm³/mol. The number of rotatable bonds is 96. The molecule has 0 aromatic carbocycles. The first kappa shape index (κ1) is 112. The van der Waals surface area contributed by atoms with Crippen molar-refractivity contribution in [3.05, 3.63) is 0 Å². The van der Waals surface area contributed by atoms with E-state index < -0.39 is 97.5 Å². The molecule has 3 N–H and O–H groups in total. The number of carbonyl (C=O) groups is 4. The lowest BCUT2D eigenvalue weighted by Gasteiger charge is -2.21. The first-order valence-electron chi connectivity index (χ1n) is 49.3. The third-order valence-electron chi connectivity index (χ3n) is 22.6. The van der Waals surface area contributed by atoms with Gasteiger partial charge < -0.3 is 33.8 Å². The number of hydrogen-bond donors (Lipinski definition) is 3. The minimum atomic E-state index is -4.97. The van der Waals surface area contributed by atoms with Gasteiger partial charge in [-0.05, 0) is 25.7 Å². The Hall–Kier alpha value is -1.94. The van der Waals surface area contributed by atoms with Crippen LogP contribution in [0.2, 0.25) is 0 Å². The van der Waals surface area contributed by atoms with Gasteiger partial charge in [0.25, 0.3) is 0 Å². The van der Waals surface area contributed by atoms with Crippen LogP contribution in [0.1, 0.15) is 529 Å². The van der Waals surface area contributed by atoms with Crippen molar-refractivity contribution in [3.63, 3.8) is 0 Å². The summed E-state index contributed by atoms with van der Waals surface area (Å²) in [5, 5.41) is 10.7. The van der Waals surface area contributed by atoms with E-state index in [0.717, 1.165) is 89.9 Å². The molecule has 0 saturated heterocycles. The molecule has 0 spiro atoms. The molecule has 5 atom stereocenters. The Labute approximate surface area is 702 Å². The highest BCUT2D eigenvalue weighted by molar-refractivity contribution is 7.47. The number of phosphoric ester groups is 2. The average molecular weight is 1660 g/mol. The Balaban J connectivity index is 5.25. The standard InChI is InChI=1S/C95H186O17P2/c1-5-9-13-17-21-25-29-33-36-39-42-44-47-49-52-56-60-64-68-72-76-80-93(98)106-86-91(112-95(100)82-78-74-70-66-62-58-54-51-48-45-43-40-37-34-30-26-22-18-14-10-6-2)88-110-114(103,104)108-84-89(96)83-107-113(101,102)109-87-90(85-105-92(97)79-75-71-67-63-59-55-32-28-24-20-16-12-8-4)111-94(99)81-77-73-69-65-61-57-53-50-46-41-38-35-31-27-23-19-15-11-7-3/h89-91,96H,5-88H2,1-4H3,(H,101,102)(H,103,104)/t89-,90+,91+/m0/s1. The lowest BCUT2D eigenvalue weighted by atomic mass is 10.0. The highest BCUT2D eigenvalue weighted by Crippen LogP contribution is 2.45. The number of hydrogen-bond acceptors (Lipinski definition) is 15. The molecule has 0 aromatic heterocycles. The maximum atomic E-state index is 13.2. The highest BCUT2D eigenvalue weighted by Gasteiger charge is 2.31. The number of esters is 4. The minimum absolute atomic E-state index is 0.110. The van der Waals surface area contributed by atoms with Gasteiger partial charge in [-0.2, -0.15) is 0 Å². The van der Waals surface area contributed by atoms with Gasteiger partial charge in [-0.25, -0.2) is 9.13 Å². The summed E-state index contributed by atoms with van der Waals surface area (Å²) in [6.45, 7) is 5.11. The van der Waals surface area contributed by atoms with Crippen molar-refractivity contribution < 1.29 is 80.2 Å². The molecule has 17 nitrogen and oxygen atoms in total. The predicted octanol–water partition coefficient (Wildman–Crippen LogP) is 30.0. The Kier molecular flexibility index (Phi) is 87.3. The van der Waals surface area contributed by atoms with Crippen LogP contribution >= 0.6 is 15.6 Å². The maximum Gasteiger partial charge on any atom is 0.472 e. The van der Waals surface area contributed by atoms with E-state index in [1.54, 1.807) is 0 Å². The van der Waals surface area contributed by atoms with E-state index in [1.807, 2.05) is 0 Å². The lowest BCUT2D eigenvalue weighted by Crippen LogP contribution is -2.30. The second kappa shape index (κ2) is 88.8. The fourth-order valence-corrected chi connectivity index (χ4v) is 16.7. The van der Waals surface area contributed by atoms with Crippen molar-refractivity contribution in [2.45, 2.75) is 547 Å².